The Hall–Kier alpha value is -3.75. The number of hydrogen-bond donors (Lipinski definition) is 2. The molecule has 150 valence electrons. The minimum atomic E-state index is -1.34. The third kappa shape index (κ3) is 4.75. The number of carboxylic acid groups (broad SMARTS) is 1. The summed E-state index contributed by atoms with van der Waals surface area (Å²) in [7, 11) is 0. The van der Waals surface area contributed by atoms with Gasteiger partial charge in [-0.3, -0.25) is 19.7 Å². The molecule has 0 atom stereocenters. The lowest BCUT2D eigenvalue weighted by molar-refractivity contribution is -0.384. The number of hydrogen-bond acceptors (Lipinski definition) is 5. The molecule has 2 amide bonds. The zero-order valence-corrected chi connectivity index (χ0v) is 15.4. The van der Waals surface area contributed by atoms with Crippen LogP contribution in [0.3, 0.4) is 0 Å². The first-order valence-electron chi connectivity index (χ1n) is 9.03. The molecule has 1 saturated heterocycles. The third-order valence-corrected chi connectivity index (χ3v) is 4.78. The predicted molar refractivity (Wildman–Crippen MR) is 103 cm³/mol. The number of aromatic carboxylic acids is 1. The monoisotopic (exact) mass is 397 g/mol. The van der Waals surface area contributed by atoms with E-state index in [0.29, 0.717) is 31.5 Å². The van der Waals surface area contributed by atoms with Crippen LogP contribution in [-0.4, -0.2) is 51.8 Å². The standard InChI is InChI=1S/C20H19N3O6/c24-18(13-4-2-1-3-5-13)21-16-6-8-22(9-7-16)19(25)14-10-15(20(26)27)12-17(11-14)23(28)29/h1-5,10-12,16H,6-9H2,(H,21,24)(H,26,27). The number of nitrogens with one attached hydrogen (secondary N) is 1. The maximum atomic E-state index is 12.7. The summed E-state index contributed by atoms with van der Waals surface area (Å²) in [6, 6.07) is 11.9. The van der Waals surface area contributed by atoms with E-state index < -0.39 is 22.5 Å². The van der Waals surface area contributed by atoms with Crippen LogP contribution in [0.25, 0.3) is 0 Å². The summed E-state index contributed by atoms with van der Waals surface area (Å²) in [6.45, 7) is 0.702. The Morgan fingerprint density at radius 1 is 1.00 bits per heavy atom. The van der Waals surface area contributed by atoms with E-state index in [1.54, 1.807) is 24.3 Å². The van der Waals surface area contributed by atoms with Crippen molar-refractivity contribution < 1.29 is 24.4 Å². The van der Waals surface area contributed by atoms with Crippen LogP contribution in [0.2, 0.25) is 0 Å². The molecule has 0 bridgehead atoms. The van der Waals surface area contributed by atoms with Crippen LogP contribution in [0.5, 0.6) is 0 Å². The molecule has 1 aliphatic rings. The fourth-order valence-electron chi connectivity index (χ4n) is 3.23. The maximum Gasteiger partial charge on any atom is 0.335 e. The summed E-state index contributed by atoms with van der Waals surface area (Å²) < 4.78 is 0. The second-order valence-electron chi connectivity index (χ2n) is 6.74. The molecule has 1 heterocycles. The molecule has 2 aromatic rings. The molecule has 3 rings (SSSR count). The zero-order chi connectivity index (χ0) is 21.0. The molecule has 9 heteroatoms. The van der Waals surface area contributed by atoms with Crippen molar-refractivity contribution >= 4 is 23.5 Å². The number of nitro groups is 1. The van der Waals surface area contributed by atoms with Gasteiger partial charge in [0.05, 0.1) is 10.5 Å². The van der Waals surface area contributed by atoms with Crippen molar-refractivity contribution in [3.63, 3.8) is 0 Å². The number of carbonyl (C=O) groups is 3. The number of nitro benzene ring substituents is 1. The number of nitrogens with zero attached hydrogens (tertiary/aromatic N) is 2. The van der Waals surface area contributed by atoms with E-state index in [9.17, 15) is 24.5 Å². The number of amides is 2. The van der Waals surface area contributed by atoms with E-state index in [0.717, 1.165) is 18.2 Å². The van der Waals surface area contributed by atoms with E-state index in [2.05, 4.69) is 5.32 Å². The molecule has 1 aliphatic heterocycles. The van der Waals surface area contributed by atoms with Crippen molar-refractivity contribution in [3.8, 4) is 0 Å². The minimum Gasteiger partial charge on any atom is -0.478 e. The highest BCUT2D eigenvalue weighted by Crippen LogP contribution is 2.21. The number of carboxylic acids is 1. The van der Waals surface area contributed by atoms with E-state index >= 15 is 0 Å². The van der Waals surface area contributed by atoms with Crippen LogP contribution < -0.4 is 5.32 Å². The molecule has 0 radical (unpaired) electrons. The topological polar surface area (TPSA) is 130 Å². The average Bonchev–Trinajstić information content (AvgIpc) is 2.74. The maximum absolute atomic E-state index is 12.7. The van der Waals surface area contributed by atoms with Gasteiger partial charge in [0.25, 0.3) is 17.5 Å². The lowest BCUT2D eigenvalue weighted by Crippen LogP contribution is -2.46. The number of non-ortho nitro benzene ring substituents is 1. The largest absolute Gasteiger partial charge is 0.478 e. The van der Waals surface area contributed by atoms with Crippen LogP contribution in [0.1, 0.15) is 43.9 Å². The first-order chi connectivity index (χ1) is 13.8. The van der Waals surface area contributed by atoms with Gasteiger partial charge in [0, 0.05) is 42.4 Å². The second-order valence-corrected chi connectivity index (χ2v) is 6.74. The predicted octanol–water partition coefficient (Wildman–Crippen LogP) is 2.33. The zero-order valence-electron chi connectivity index (χ0n) is 15.4. The van der Waals surface area contributed by atoms with Crippen LogP contribution in [0.4, 0.5) is 5.69 Å². The Balaban J connectivity index is 1.65. The van der Waals surface area contributed by atoms with Gasteiger partial charge in [-0.15, -0.1) is 0 Å². The van der Waals surface area contributed by atoms with Gasteiger partial charge in [0.15, 0.2) is 0 Å². The average molecular weight is 397 g/mol. The summed E-state index contributed by atoms with van der Waals surface area (Å²) in [5, 5.41) is 23.1. The molecule has 0 unspecified atom stereocenters. The van der Waals surface area contributed by atoms with E-state index in [1.165, 1.54) is 4.90 Å². The van der Waals surface area contributed by atoms with Crippen molar-refractivity contribution in [2.75, 3.05) is 13.1 Å². The number of piperidine rings is 1. The van der Waals surface area contributed by atoms with E-state index in [-0.39, 0.29) is 23.1 Å². The van der Waals surface area contributed by atoms with Gasteiger partial charge in [0.1, 0.15) is 0 Å². The van der Waals surface area contributed by atoms with Gasteiger partial charge in [-0.25, -0.2) is 4.79 Å². The highest BCUT2D eigenvalue weighted by Gasteiger charge is 2.26. The van der Waals surface area contributed by atoms with Crippen LogP contribution in [0.15, 0.2) is 48.5 Å². The van der Waals surface area contributed by atoms with Crippen molar-refractivity contribution in [3.05, 3.63) is 75.3 Å². The molecule has 0 aliphatic carbocycles. The van der Waals surface area contributed by atoms with Crippen LogP contribution in [0, 0.1) is 10.1 Å². The molecule has 29 heavy (non-hydrogen) atoms. The number of carbonyl (C=O) groups excluding carboxylic acids is 2. The van der Waals surface area contributed by atoms with Crippen LogP contribution >= 0.6 is 0 Å². The van der Waals surface area contributed by atoms with E-state index in [1.807, 2.05) is 6.07 Å². The van der Waals surface area contributed by atoms with Gasteiger partial charge in [0.2, 0.25) is 0 Å². The van der Waals surface area contributed by atoms with E-state index in [4.69, 9.17) is 5.11 Å². The summed E-state index contributed by atoms with van der Waals surface area (Å²) in [5.74, 6) is -1.99. The van der Waals surface area contributed by atoms with Gasteiger partial charge >= 0.3 is 5.97 Å². The Bertz CT molecular complexity index is 920. The van der Waals surface area contributed by atoms with Crippen LogP contribution in [-0.2, 0) is 0 Å². The molecule has 9 nitrogen and oxygen atoms in total. The first kappa shape index (κ1) is 20.0. The Morgan fingerprint density at radius 3 is 2.21 bits per heavy atom. The smallest absolute Gasteiger partial charge is 0.335 e. The summed E-state index contributed by atoms with van der Waals surface area (Å²) in [6.07, 6.45) is 1.07. The Morgan fingerprint density at radius 2 is 1.62 bits per heavy atom. The molecule has 2 aromatic carbocycles. The molecule has 0 aromatic heterocycles. The minimum absolute atomic E-state index is 0.0385. The number of benzene rings is 2. The normalized spacial score (nSPS) is 14.3. The summed E-state index contributed by atoms with van der Waals surface area (Å²) in [4.78, 5) is 48.0. The Labute approximate surface area is 166 Å². The Kier molecular flexibility index (Phi) is 5.87. The van der Waals surface area contributed by atoms with Gasteiger partial charge < -0.3 is 15.3 Å². The molecular weight excluding hydrogens is 378 g/mol. The van der Waals surface area contributed by atoms with Crippen molar-refractivity contribution in [1.82, 2.24) is 10.2 Å². The van der Waals surface area contributed by atoms with Gasteiger partial charge in [-0.1, -0.05) is 18.2 Å². The molecule has 2 N–H and O–H groups in total. The first-order valence-corrected chi connectivity index (χ1v) is 9.03. The number of rotatable bonds is 5. The van der Waals surface area contributed by atoms with Crippen molar-refractivity contribution in [2.24, 2.45) is 0 Å². The summed E-state index contributed by atoms with van der Waals surface area (Å²) in [5.41, 5.74) is -0.238. The van der Waals surface area contributed by atoms with Crippen molar-refractivity contribution in [1.29, 1.82) is 0 Å². The van der Waals surface area contributed by atoms with Crippen molar-refractivity contribution in [2.45, 2.75) is 18.9 Å². The molecular formula is C20H19N3O6. The van der Waals surface area contributed by atoms with Gasteiger partial charge in [-0.2, -0.15) is 0 Å². The molecule has 0 spiro atoms. The molecule has 0 saturated carbocycles. The highest BCUT2D eigenvalue weighted by molar-refractivity contribution is 5.98. The highest BCUT2D eigenvalue weighted by atomic mass is 16.6. The second kappa shape index (κ2) is 8.51. The SMILES string of the molecule is O=C(O)c1cc(C(=O)N2CCC(NC(=O)c3ccccc3)CC2)cc([N+](=O)[O-])c1. The fraction of sp³-hybridized carbons (Fsp3) is 0.250. The third-order valence-electron chi connectivity index (χ3n) is 4.78. The van der Waals surface area contributed by atoms with Gasteiger partial charge in [-0.05, 0) is 31.0 Å². The lowest BCUT2D eigenvalue weighted by atomic mass is 10.0. The number of likely N-dealkylation sites (tertiary alicyclic amines) is 1. The summed E-state index contributed by atoms with van der Waals surface area (Å²) >= 11 is 0. The molecule has 1 fully saturated rings. The quantitative estimate of drug-likeness (QED) is 0.588. The fourth-order valence-corrected chi connectivity index (χ4v) is 3.23. The lowest BCUT2D eigenvalue weighted by Gasteiger charge is -2.32.